The number of halogens is 1. The molecule has 1 aromatic rings. The lowest BCUT2D eigenvalue weighted by Crippen LogP contribution is -2.27. The fraction of sp³-hybridized carbons (Fsp3) is 0.500. The lowest BCUT2D eigenvalue weighted by Gasteiger charge is -2.09. The molecular weight excluding hydrogens is 250 g/mol. The summed E-state index contributed by atoms with van der Waals surface area (Å²) in [5.41, 5.74) is 1.18. The number of nitrogens with one attached hydrogen (secondary N) is 1. The van der Waals surface area contributed by atoms with Gasteiger partial charge in [-0.15, -0.1) is 11.6 Å². The maximum Gasteiger partial charge on any atom is 0.220 e. The van der Waals surface area contributed by atoms with E-state index in [1.54, 1.807) is 7.11 Å². The van der Waals surface area contributed by atoms with Crippen LogP contribution in [0, 0.1) is 0 Å². The summed E-state index contributed by atoms with van der Waals surface area (Å²) < 4.78 is 4.92. The Morgan fingerprint density at radius 2 is 2.11 bits per heavy atom. The van der Waals surface area contributed by atoms with E-state index in [-0.39, 0.29) is 11.3 Å². The second kappa shape index (κ2) is 8.95. The summed E-state index contributed by atoms with van der Waals surface area (Å²) in [6.07, 6.45) is 2.02. The number of aryl methyl sites for hydroxylation is 1. The first-order valence-electron chi connectivity index (χ1n) is 6.16. The zero-order valence-electron chi connectivity index (χ0n) is 10.7. The van der Waals surface area contributed by atoms with Gasteiger partial charge in [-0.2, -0.15) is 0 Å². The Kier molecular flexibility index (Phi) is 7.46. The van der Waals surface area contributed by atoms with Crippen molar-refractivity contribution in [3.05, 3.63) is 35.9 Å². The zero-order chi connectivity index (χ0) is 13.2. The monoisotopic (exact) mass is 269 g/mol. The molecule has 1 rings (SSSR count). The fourth-order valence-electron chi connectivity index (χ4n) is 1.62. The van der Waals surface area contributed by atoms with E-state index in [1.807, 2.05) is 30.3 Å². The number of carbonyl (C=O) groups excluding carboxylic acids is 1. The highest BCUT2D eigenvalue weighted by Gasteiger charge is 2.05. The van der Waals surface area contributed by atoms with Crippen molar-refractivity contribution in [3.8, 4) is 0 Å². The van der Waals surface area contributed by atoms with Gasteiger partial charge in [-0.3, -0.25) is 4.79 Å². The largest absolute Gasteiger partial charge is 0.383 e. The maximum absolute atomic E-state index is 11.6. The van der Waals surface area contributed by atoms with Crippen LogP contribution in [0.4, 0.5) is 0 Å². The highest BCUT2D eigenvalue weighted by atomic mass is 35.5. The minimum absolute atomic E-state index is 0.0376. The van der Waals surface area contributed by atoms with Crippen LogP contribution in [0.1, 0.15) is 18.4 Å². The molecule has 0 aromatic heterocycles. The molecule has 0 aliphatic carbocycles. The van der Waals surface area contributed by atoms with E-state index in [1.165, 1.54) is 5.56 Å². The van der Waals surface area contributed by atoms with Gasteiger partial charge in [0, 0.05) is 20.1 Å². The van der Waals surface area contributed by atoms with Crippen LogP contribution in [-0.2, 0) is 16.0 Å². The van der Waals surface area contributed by atoms with Crippen LogP contribution in [0.2, 0.25) is 0 Å². The van der Waals surface area contributed by atoms with E-state index in [0.717, 1.165) is 12.8 Å². The molecule has 1 unspecified atom stereocenters. The molecule has 1 aromatic carbocycles. The highest BCUT2D eigenvalue weighted by Crippen LogP contribution is 2.03. The van der Waals surface area contributed by atoms with Crippen molar-refractivity contribution in [2.75, 3.05) is 20.3 Å². The first kappa shape index (κ1) is 15.0. The molecule has 100 valence electrons. The van der Waals surface area contributed by atoms with Gasteiger partial charge in [-0.25, -0.2) is 0 Å². The van der Waals surface area contributed by atoms with Gasteiger partial charge in [0.15, 0.2) is 0 Å². The third kappa shape index (κ3) is 6.62. The van der Waals surface area contributed by atoms with Gasteiger partial charge in [0.2, 0.25) is 5.91 Å². The van der Waals surface area contributed by atoms with Crippen LogP contribution in [0.3, 0.4) is 0 Å². The number of hydrogen-bond acceptors (Lipinski definition) is 2. The van der Waals surface area contributed by atoms with Gasteiger partial charge in [0.05, 0.1) is 12.0 Å². The number of hydrogen-bond donors (Lipinski definition) is 1. The maximum atomic E-state index is 11.6. The quantitative estimate of drug-likeness (QED) is 0.736. The second-order valence-electron chi connectivity index (χ2n) is 4.18. The standard InChI is InChI=1S/C14H20ClNO2/c1-18-11-13(15)9-10-16-14(17)8-7-12-5-3-2-4-6-12/h2-6,13H,7-11H2,1H3,(H,16,17). The van der Waals surface area contributed by atoms with Crippen molar-refractivity contribution in [2.45, 2.75) is 24.6 Å². The molecule has 3 nitrogen and oxygen atoms in total. The van der Waals surface area contributed by atoms with Crippen LogP contribution < -0.4 is 5.32 Å². The molecule has 1 N–H and O–H groups in total. The minimum atomic E-state index is -0.0376. The number of rotatable bonds is 8. The summed E-state index contributed by atoms with van der Waals surface area (Å²) in [6.45, 7) is 1.12. The number of benzene rings is 1. The summed E-state index contributed by atoms with van der Waals surface area (Å²) >= 11 is 5.96. The van der Waals surface area contributed by atoms with Crippen LogP contribution >= 0.6 is 11.6 Å². The van der Waals surface area contributed by atoms with Crippen molar-refractivity contribution < 1.29 is 9.53 Å². The predicted octanol–water partition coefficient (Wildman–Crippen LogP) is 2.38. The Balaban J connectivity index is 2.11. The first-order chi connectivity index (χ1) is 8.72. The summed E-state index contributed by atoms with van der Waals surface area (Å²) in [7, 11) is 1.62. The fourth-order valence-corrected chi connectivity index (χ4v) is 1.86. The number of methoxy groups -OCH3 is 1. The van der Waals surface area contributed by atoms with Gasteiger partial charge < -0.3 is 10.1 Å². The van der Waals surface area contributed by atoms with E-state index < -0.39 is 0 Å². The lowest BCUT2D eigenvalue weighted by molar-refractivity contribution is -0.121. The number of alkyl halides is 1. The Labute approximate surface area is 113 Å². The summed E-state index contributed by atoms with van der Waals surface area (Å²) in [5, 5.41) is 2.83. The molecule has 4 heteroatoms. The number of carbonyl (C=O) groups is 1. The summed E-state index contributed by atoms with van der Waals surface area (Å²) in [5.74, 6) is 0.0696. The van der Waals surface area contributed by atoms with Gasteiger partial charge in [0.25, 0.3) is 0 Å². The van der Waals surface area contributed by atoms with E-state index >= 15 is 0 Å². The Hall–Kier alpha value is -1.06. The van der Waals surface area contributed by atoms with E-state index in [0.29, 0.717) is 19.6 Å². The molecule has 1 amide bonds. The molecule has 18 heavy (non-hydrogen) atoms. The molecule has 0 fully saturated rings. The van der Waals surface area contributed by atoms with Gasteiger partial charge in [-0.1, -0.05) is 30.3 Å². The molecule has 0 saturated carbocycles. The van der Waals surface area contributed by atoms with Crippen molar-refractivity contribution in [1.29, 1.82) is 0 Å². The van der Waals surface area contributed by atoms with Crippen LogP contribution in [0.25, 0.3) is 0 Å². The number of ether oxygens (including phenoxy) is 1. The van der Waals surface area contributed by atoms with Crippen molar-refractivity contribution in [2.24, 2.45) is 0 Å². The average molecular weight is 270 g/mol. The minimum Gasteiger partial charge on any atom is -0.383 e. The van der Waals surface area contributed by atoms with Gasteiger partial charge in [-0.05, 0) is 18.4 Å². The van der Waals surface area contributed by atoms with E-state index in [2.05, 4.69) is 5.32 Å². The Morgan fingerprint density at radius 3 is 2.78 bits per heavy atom. The Bertz CT molecular complexity index is 343. The Morgan fingerprint density at radius 1 is 1.39 bits per heavy atom. The molecule has 0 saturated heterocycles. The van der Waals surface area contributed by atoms with Crippen molar-refractivity contribution >= 4 is 17.5 Å². The lowest BCUT2D eigenvalue weighted by atomic mass is 10.1. The summed E-state index contributed by atoms with van der Waals surface area (Å²) in [4.78, 5) is 11.6. The topological polar surface area (TPSA) is 38.3 Å². The molecule has 0 aliphatic heterocycles. The third-order valence-corrected chi connectivity index (χ3v) is 2.96. The first-order valence-corrected chi connectivity index (χ1v) is 6.59. The van der Waals surface area contributed by atoms with Crippen LogP contribution in [-0.4, -0.2) is 31.5 Å². The normalized spacial score (nSPS) is 12.1. The highest BCUT2D eigenvalue weighted by molar-refractivity contribution is 6.20. The van der Waals surface area contributed by atoms with Gasteiger partial charge >= 0.3 is 0 Å². The molecule has 0 aliphatic rings. The molecule has 0 bridgehead atoms. The SMILES string of the molecule is COCC(Cl)CCNC(=O)CCc1ccccc1. The van der Waals surface area contributed by atoms with Crippen molar-refractivity contribution in [3.63, 3.8) is 0 Å². The molecule has 0 spiro atoms. The number of amides is 1. The van der Waals surface area contributed by atoms with E-state index in [4.69, 9.17) is 16.3 Å². The molecule has 0 heterocycles. The van der Waals surface area contributed by atoms with Crippen LogP contribution in [0.15, 0.2) is 30.3 Å². The zero-order valence-corrected chi connectivity index (χ0v) is 11.5. The average Bonchev–Trinajstić information content (AvgIpc) is 2.38. The predicted molar refractivity (Wildman–Crippen MR) is 73.9 cm³/mol. The van der Waals surface area contributed by atoms with Crippen molar-refractivity contribution in [1.82, 2.24) is 5.32 Å². The summed E-state index contributed by atoms with van der Waals surface area (Å²) in [6, 6.07) is 9.99. The van der Waals surface area contributed by atoms with E-state index in [9.17, 15) is 4.79 Å². The smallest absolute Gasteiger partial charge is 0.220 e. The molecule has 0 radical (unpaired) electrons. The van der Waals surface area contributed by atoms with Crippen LogP contribution in [0.5, 0.6) is 0 Å². The third-order valence-electron chi connectivity index (χ3n) is 2.61. The molecule has 1 atom stereocenters. The van der Waals surface area contributed by atoms with Gasteiger partial charge in [0.1, 0.15) is 0 Å². The second-order valence-corrected chi connectivity index (χ2v) is 4.79. The molecular formula is C14H20ClNO2.